The summed E-state index contributed by atoms with van der Waals surface area (Å²) in [7, 11) is 0. The molecule has 2 aliphatic carbocycles. The predicted octanol–water partition coefficient (Wildman–Crippen LogP) is 3.41. The van der Waals surface area contributed by atoms with E-state index < -0.39 is 5.82 Å². The SMILES string of the molecule is Cc1cncc(C(=O)NC23CCCC(CC(=O)c4ccc(F)cn4)(CC2)C3)n1. The second kappa shape index (κ2) is 7.04. The molecule has 0 aliphatic heterocycles. The Morgan fingerprint density at radius 1 is 1.11 bits per heavy atom. The van der Waals surface area contributed by atoms with Gasteiger partial charge in [0.1, 0.15) is 17.2 Å². The molecule has 2 atom stereocenters. The summed E-state index contributed by atoms with van der Waals surface area (Å²) in [6.07, 6.45) is 9.90. The Morgan fingerprint density at radius 3 is 2.71 bits per heavy atom. The molecule has 1 amide bonds. The molecule has 28 heavy (non-hydrogen) atoms. The van der Waals surface area contributed by atoms with Crippen LogP contribution in [0.1, 0.15) is 71.6 Å². The maximum Gasteiger partial charge on any atom is 0.271 e. The number of ketones is 1. The van der Waals surface area contributed by atoms with E-state index in [2.05, 4.69) is 20.3 Å². The number of rotatable bonds is 5. The fourth-order valence-corrected chi connectivity index (χ4v) is 4.89. The molecular weight excluding hydrogens is 359 g/mol. The second-order valence-electron chi connectivity index (χ2n) is 8.27. The molecule has 1 N–H and O–H groups in total. The van der Waals surface area contributed by atoms with E-state index in [0.717, 1.165) is 44.7 Å². The number of amides is 1. The minimum Gasteiger partial charge on any atom is -0.345 e. The van der Waals surface area contributed by atoms with Gasteiger partial charge in [-0.3, -0.25) is 19.6 Å². The molecule has 146 valence electrons. The van der Waals surface area contributed by atoms with Crippen LogP contribution in [0.15, 0.2) is 30.7 Å². The van der Waals surface area contributed by atoms with E-state index in [-0.39, 0.29) is 22.6 Å². The van der Waals surface area contributed by atoms with Crippen molar-refractivity contribution in [3.05, 3.63) is 53.6 Å². The molecule has 2 saturated carbocycles. The Hall–Kier alpha value is -2.70. The van der Waals surface area contributed by atoms with E-state index in [9.17, 15) is 14.0 Å². The summed E-state index contributed by atoms with van der Waals surface area (Å²) in [6.45, 7) is 1.80. The topological polar surface area (TPSA) is 84.8 Å². The van der Waals surface area contributed by atoms with Crippen LogP contribution in [-0.2, 0) is 0 Å². The van der Waals surface area contributed by atoms with Gasteiger partial charge in [-0.25, -0.2) is 9.37 Å². The van der Waals surface area contributed by atoms with Crippen molar-refractivity contribution in [3.8, 4) is 0 Å². The van der Waals surface area contributed by atoms with Crippen LogP contribution in [0.2, 0.25) is 0 Å². The number of Topliss-reactive ketones (excluding diaryl/α,β-unsaturated/α-hetero) is 1. The molecule has 4 rings (SSSR count). The van der Waals surface area contributed by atoms with Crippen LogP contribution in [-0.4, -0.2) is 32.2 Å². The fraction of sp³-hybridized carbons (Fsp3) is 0.476. The largest absolute Gasteiger partial charge is 0.345 e. The Balaban J connectivity index is 1.47. The zero-order valence-corrected chi connectivity index (χ0v) is 15.9. The van der Waals surface area contributed by atoms with Crippen molar-refractivity contribution in [3.63, 3.8) is 0 Å². The van der Waals surface area contributed by atoms with Gasteiger partial charge in [0, 0.05) is 18.2 Å². The number of carbonyl (C=O) groups excluding carboxylic acids is 2. The smallest absolute Gasteiger partial charge is 0.271 e. The highest BCUT2D eigenvalue weighted by Crippen LogP contribution is 2.55. The first-order valence-corrected chi connectivity index (χ1v) is 9.65. The van der Waals surface area contributed by atoms with Crippen molar-refractivity contribution >= 4 is 11.7 Å². The first-order chi connectivity index (χ1) is 13.4. The third-order valence-electron chi connectivity index (χ3n) is 6.12. The third-order valence-corrected chi connectivity index (χ3v) is 6.12. The molecule has 0 saturated heterocycles. The number of hydrogen-bond donors (Lipinski definition) is 1. The highest BCUT2D eigenvalue weighted by molar-refractivity contribution is 5.95. The molecule has 2 aliphatic rings. The average molecular weight is 382 g/mol. The van der Waals surface area contributed by atoms with Crippen LogP contribution < -0.4 is 5.32 Å². The van der Waals surface area contributed by atoms with Gasteiger partial charge in [-0.2, -0.15) is 0 Å². The first-order valence-electron chi connectivity index (χ1n) is 9.65. The molecule has 0 spiro atoms. The Labute approximate surface area is 163 Å². The summed E-state index contributed by atoms with van der Waals surface area (Å²) in [4.78, 5) is 37.6. The molecule has 2 aromatic heterocycles. The Morgan fingerprint density at radius 2 is 1.96 bits per heavy atom. The number of carbonyl (C=O) groups is 2. The van der Waals surface area contributed by atoms with Crippen LogP contribution in [0, 0.1) is 18.2 Å². The van der Waals surface area contributed by atoms with Gasteiger partial charge >= 0.3 is 0 Å². The van der Waals surface area contributed by atoms with Gasteiger partial charge in [0.25, 0.3) is 5.91 Å². The van der Waals surface area contributed by atoms with Crippen molar-refractivity contribution in [1.82, 2.24) is 20.3 Å². The van der Waals surface area contributed by atoms with Crippen molar-refractivity contribution in [2.24, 2.45) is 5.41 Å². The number of nitrogens with zero attached hydrogens (tertiary/aromatic N) is 3. The molecular formula is C21H23FN4O2. The minimum atomic E-state index is -0.450. The van der Waals surface area contributed by atoms with Gasteiger partial charge in [0.2, 0.25) is 0 Å². The first kappa shape index (κ1) is 18.7. The van der Waals surface area contributed by atoms with Crippen LogP contribution in [0.3, 0.4) is 0 Å². The molecule has 2 fully saturated rings. The van der Waals surface area contributed by atoms with Crippen molar-refractivity contribution in [2.45, 2.75) is 57.4 Å². The lowest BCUT2D eigenvalue weighted by molar-refractivity contribution is 0.0798. The minimum absolute atomic E-state index is 0.0615. The Kier molecular flexibility index (Phi) is 4.69. The van der Waals surface area contributed by atoms with E-state index in [1.807, 2.05) is 0 Å². The molecule has 2 bridgehead atoms. The van der Waals surface area contributed by atoms with Crippen LogP contribution in [0.25, 0.3) is 0 Å². The summed E-state index contributed by atoms with van der Waals surface area (Å²) in [5, 5.41) is 3.19. The third kappa shape index (κ3) is 3.66. The van der Waals surface area contributed by atoms with Crippen molar-refractivity contribution in [2.75, 3.05) is 0 Å². The van der Waals surface area contributed by atoms with Crippen molar-refractivity contribution in [1.29, 1.82) is 0 Å². The zero-order valence-electron chi connectivity index (χ0n) is 15.9. The lowest BCUT2D eigenvalue weighted by atomic mass is 9.70. The van der Waals surface area contributed by atoms with E-state index >= 15 is 0 Å². The number of fused-ring (bicyclic) bond motifs is 2. The average Bonchev–Trinajstić information content (AvgIpc) is 2.92. The van der Waals surface area contributed by atoms with Crippen LogP contribution >= 0.6 is 0 Å². The van der Waals surface area contributed by atoms with Gasteiger partial charge in [0.15, 0.2) is 5.78 Å². The van der Waals surface area contributed by atoms with E-state index in [1.54, 1.807) is 13.1 Å². The second-order valence-corrected chi connectivity index (χ2v) is 8.27. The fourth-order valence-electron chi connectivity index (χ4n) is 4.89. The summed E-state index contributed by atoms with van der Waals surface area (Å²) < 4.78 is 13.1. The number of hydrogen-bond acceptors (Lipinski definition) is 5. The van der Waals surface area contributed by atoms with Gasteiger partial charge in [-0.1, -0.05) is 6.42 Å². The lowest BCUT2D eigenvalue weighted by Crippen LogP contribution is -2.49. The van der Waals surface area contributed by atoms with Crippen LogP contribution in [0.4, 0.5) is 4.39 Å². The van der Waals surface area contributed by atoms with E-state index in [4.69, 9.17) is 0 Å². The summed E-state index contributed by atoms with van der Waals surface area (Å²) in [6, 6.07) is 2.71. The maximum absolute atomic E-state index is 13.1. The summed E-state index contributed by atoms with van der Waals surface area (Å²) >= 11 is 0. The normalized spacial score (nSPS) is 26.1. The van der Waals surface area contributed by atoms with Gasteiger partial charge in [-0.05, 0) is 56.6 Å². The van der Waals surface area contributed by atoms with Crippen LogP contribution in [0.5, 0.6) is 0 Å². The highest BCUT2D eigenvalue weighted by atomic mass is 19.1. The highest BCUT2D eigenvalue weighted by Gasteiger charge is 2.52. The van der Waals surface area contributed by atoms with Crippen molar-refractivity contribution < 1.29 is 14.0 Å². The molecule has 2 aromatic rings. The number of aromatic nitrogens is 3. The molecule has 0 radical (unpaired) electrons. The molecule has 2 unspecified atom stereocenters. The van der Waals surface area contributed by atoms with E-state index in [0.29, 0.717) is 23.5 Å². The molecule has 6 nitrogen and oxygen atoms in total. The quantitative estimate of drug-likeness (QED) is 0.801. The number of aryl methyl sites for hydroxylation is 1. The molecule has 2 heterocycles. The standard InChI is InChI=1S/C21H23FN4O2/c1-14-10-23-12-17(25-14)19(28)26-21-6-2-5-20(13-21,7-8-21)9-18(27)16-4-3-15(22)11-24-16/h3-4,10-12H,2,5-9,13H2,1H3,(H,26,28). The molecule has 7 heteroatoms. The summed E-state index contributed by atoms with van der Waals surface area (Å²) in [5.74, 6) is -0.719. The molecule has 0 aromatic carbocycles. The Bertz CT molecular complexity index is 917. The van der Waals surface area contributed by atoms with Gasteiger partial charge in [-0.15, -0.1) is 0 Å². The maximum atomic E-state index is 13.1. The number of nitrogens with one attached hydrogen (secondary N) is 1. The number of pyridine rings is 1. The van der Waals surface area contributed by atoms with Gasteiger partial charge in [0.05, 0.1) is 18.1 Å². The summed E-state index contributed by atoms with van der Waals surface area (Å²) in [5.41, 5.74) is 0.905. The van der Waals surface area contributed by atoms with Gasteiger partial charge < -0.3 is 5.32 Å². The predicted molar refractivity (Wildman–Crippen MR) is 100 cm³/mol. The lowest BCUT2D eigenvalue weighted by Gasteiger charge is -2.39. The van der Waals surface area contributed by atoms with E-state index in [1.165, 1.54) is 18.3 Å². The zero-order chi connectivity index (χ0) is 19.8. The monoisotopic (exact) mass is 382 g/mol. The number of halogens is 1.